The summed E-state index contributed by atoms with van der Waals surface area (Å²) in [7, 11) is 0. The van der Waals surface area contributed by atoms with E-state index < -0.39 is 21.0 Å². The van der Waals surface area contributed by atoms with Crippen LogP contribution in [0.3, 0.4) is 0 Å². The number of rotatable bonds is 7. The van der Waals surface area contributed by atoms with Crippen LogP contribution in [0.15, 0.2) is 9.59 Å². The van der Waals surface area contributed by atoms with Crippen LogP contribution in [0, 0.1) is 11.3 Å². The number of nitrogen functional groups attached to an aromatic ring is 1. The molecule has 0 aromatic carbocycles. The van der Waals surface area contributed by atoms with Gasteiger partial charge >= 0.3 is 5.69 Å². The summed E-state index contributed by atoms with van der Waals surface area (Å²) in [6, 6.07) is 0. The number of carbonyl (C=O) groups is 1. The highest BCUT2D eigenvalue weighted by atomic mass is 35.5. The fourth-order valence-corrected chi connectivity index (χ4v) is 3.64. The first-order chi connectivity index (χ1) is 12.0. The zero-order valence-electron chi connectivity index (χ0n) is 15.6. The number of nitrogens with one attached hydrogen (secondary N) is 1. The summed E-state index contributed by atoms with van der Waals surface area (Å²) in [5, 5.41) is 0. The molecule has 9 heteroatoms. The maximum atomic E-state index is 13.2. The lowest BCUT2D eigenvalue weighted by atomic mass is 10.1. The van der Waals surface area contributed by atoms with Crippen LogP contribution >= 0.6 is 23.2 Å². The molecule has 146 valence electrons. The smallest absolute Gasteiger partial charge is 0.330 e. The van der Waals surface area contributed by atoms with Gasteiger partial charge < -0.3 is 10.6 Å². The van der Waals surface area contributed by atoms with E-state index in [0.717, 1.165) is 12.8 Å². The number of halogens is 2. The van der Waals surface area contributed by atoms with Crippen molar-refractivity contribution in [2.45, 2.75) is 57.8 Å². The highest BCUT2D eigenvalue weighted by Crippen LogP contribution is 2.64. The molecule has 1 heterocycles. The van der Waals surface area contributed by atoms with E-state index in [1.54, 1.807) is 6.92 Å². The maximum Gasteiger partial charge on any atom is 0.330 e. The normalized spacial score (nSPS) is 21.0. The SMILES string of the molecule is CCCCn1c(N)c(N(CC(C)C)C(=O)C2(C)CC2(Cl)Cl)c(=O)[nH]c1=O. The Morgan fingerprint density at radius 3 is 2.42 bits per heavy atom. The minimum Gasteiger partial charge on any atom is -0.383 e. The standard InChI is InChI=1S/C17H26Cl2N4O3/c1-5-6-7-22-12(20)11(13(24)21-15(22)26)23(8-10(2)3)14(25)16(4)9-17(16,18)19/h10H,5-9,20H2,1-4H3,(H,21,24,26). The number of amides is 1. The van der Waals surface area contributed by atoms with Gasteiger partial charge in [0.05, 0.1) is 5.41 Å². The van der Waals surface area contributed by atoms with Crippen molar-refractivity contribution in [3.05, 3.63) is 20.8 Å². The first-order valence-electron chi connectivity index (χ1n) is 8.78. The molecule has 1 aliphatic rings. The maximum absolute atomic E-state index is 13.2. The number of H-pyrrole nitrogens is 1. The third-order valence-electron chi connectivity index (χ3n) is 4.74. The minimum absolute atomic E-state index is 0.0137. The highest BCUT2D eigenvalue weighted by Gasteiger charge is 2.69. The van der Waals surface area contributed by atoms with Crippen LogP contribution in [0.5, 0.6) is 0 Å². The highest BCUT2D eigenvalue weighted by molar-refractivity contribution is 6.53. The first-order valence-corrected chi connectivity index (χ1v) is 9.54. The Morgan fingerprint density at radius 1 is 1.38 bits per heavy atom. The topological polar surface area (TPSA) is 101 Å². The average molecular weight is 405 g/mol. The van der Waals surface area contributed by atoms with E-state index in [-0.39, 0.29) is 29.9 Å². The zero-order valence-corrected chi connectivity index (χ0v) is 17.1. The van der Waals surface area contributed by atoms with Crippen molar-refractivity contribution in [2.24, 2.45) is 11.3 Å². The van der Waals surface area contributed by atoms with E-state index in [1.165, 1.54) is 9.47 Å². The lowest BCUT2D eigenvalue weighted by Gasteiger charge is -2.29. The van der Waals surface area contributed by atoms with E-state index in [9.17, 15) is 14.4 Å². The Morgan fingerprint density at radius 2 is 1.96 bits per heavy atom. The number of aromatic amines is 1. The molecular formula is C17H26Cl2N4O3. The predicted molar refractivity (Wildman–Crippen MR) is 105 cm³/mol. The molecule has 0 radical (unpaired) electrons. The number of hydrogen-bond acceptors (Lipinski definition) is 4. The van der Waals surface area contributed by atoms with Crippen LogP contribution in [-0.2, 0) is 11.3 Å². The number of anilines is 2. The summed E-state index contributed by atoms with van der Waals surface area (Å²) < 4.78 is 0.127. The van der Waals surface area contributed by atoms with Gasteiger partial charge in [-0.15, -0.1) is 23.2 Å². The summed E-state index contributed by atoms with van der Waals surface area (Å²) in [6.07, 6.45) is 1.87. The van der Waals surface area contributed by atoms with E-state index in [0.29, 0.717) is 13.0 Å². The molecule has 0 saturated heterocycles. The van der Waals surface area contributed by atoms with Gasteiger partial charge in [0.2, 0.25) is 5.91 Å². The van der Waals surface area contributed by atoms with Crippen molar-refractivity contribution in [2.75, 3.05) is 17.2 Å². The predicted octanol–water partition coefficient (Wildman–Crippen LogP) is 2.49. The molecule has 1 unspecified atom stereocenters. The lowest BCUT2D eigenvalue weighted by molar-refractivity contribution is -0.123. The van der Waals surface area contributed by atoms with Crippen molar-refractivity contribution in [1.29, 1.82) is 0 Å². The quantitative estimate of drug-likeness (QED) is 0.681. The number of nitrogens with zero attached hydrogens (tertiary/aromatic N) is 2. The van der Waals surface area contributed by atoms with Crippen LogP contribution in [0.4, 0.5) is 11.5 Å². The van der Waals surface area contributed by atoms with Crippen LogP contribution in [0.2, 0.25) is 0 Å². The molecule has 1 saturated carbocycles. The van der Waals surface area contributed by atoms with Crippen LogP contribution < -0.4 is 21.9 Å². The van der Waals surface area contributed by atoms with Gasteiger partial charge in [-0.25, -0.2) is 4.79 Å². The van der Waals surface area contributed by atoms with Gasteiger partial charge in [-0.1, -0.05) is 27.2 Å². The van der Waals surface area contributed by atoms with Gasteiger partial charge in [-0.2, -0.15) is 0 Å². The number of alkyl halides is 2. The molecule has 26 heavy (non-hydrogen) atoms. The Labute approximate surface area is 162 Å². The molecule has 7 nitrogen and oxygen atoms in total. The summed E-state index contributed by atoms with van der Waals surface area (Å²) in [5.41, 5.74) is 3.88. The van der Waals surface area contributed by atoms with Crippen molar-refractivity contribution in [3.63, 3.8) is 0 Å². The van der Waals surface area contributed by atoms with Crippen LogP contribution in [0.25, 0.3) is 0 Å². The largest absolute Gasteiger partial charge is 0.383 e. The second-order valence-corrected chi connectivity index (χ2v) is 9.01. The Bertz CT molecular complexity index is 815. The zero-order chi connectivity index (χ0) is 19.9. The molecule has 1 fully saturated rings. The molecule has 0 aliphatic heterocycles. The molecule has 1 aromatic heterocycles. The van der Waals surface area contributed by atoms with Crippen molar-refractivity contribution in [1.82, 2.24) is 9.55 Å². The Balaban J connectivity index is 2.57. The van der Waals surface area contributed by atoms with E-state index in [2.05, 4.69) is 4.98 Å². The molecule has 0 spiro atoms. The Kier molecular flexibility index (Phi) is 5.83. The van der Waals surface area contributed by atoms with E-state index in [1.807, 2.05) is 20.8 Å². The molecule has 3 N–H and O–H groups in total. The summed E-state index contributed by atoms with van der Waals surface area (Å²) in [4.78, 5) is 41.4. The minimum atomic E-state index is -1.17. The second-order valence-electron chi connectivity index (χ2n) is 7.52. The van der Waals surface area contributed by atoms with Crippen molar-refractivity contribution in [3.8, 4) is 0 Å². The van der Waals surface area contributed by atoms with E-state index in [4.69, 9.17) is 28.9 Å². The molecule has 1 aliphatic carbocycles. The third kappa shape index (κ3) is 3.64. The number of nitrogens with two attached hydrogens (primary N) is 1. The molecular weight excluding hydrogens is 379 g/mol. The lowest BCUT2D eigenvalue weighted by Crippen LogP contribution is -2.46. The van der Waals surface area contributed by atoms with Gasteiger partial charge in [0.1, 0.15) is 10.2 Å². The number of carbonyl (C=O) groups excluding carboxylic acids is 1. The molecule has 1 aromatic rings. The summed E-state index contributed by atoms with van der Waals surface area (Å²) in [6.45, 7) is 8.11. The summed E-state index contributed by atoms with van der Waals surface area (Å²) >= 11 is 12.3. The molecule has 1 atom stereocenters. The average Bonchev–Trinajstić information content (AvgIpc) is 3.04. The van der Waals surface area contributed by atoms with Gasteiger partial charge in [0.15, 0.2) is 5.69 Å². The van der Waals surface area contributed by atoms with Crippen molar-refractivity contribution >= 4 is 40.6 Å². The monoisotopic (exact) mass is 404 g/mol. The summed E-state index contributed by atoms with van der Waals surface area (Å²) in [5.74, 6) is -0.314. The fourth-order valence-electron chi connectivity index (χ4n) is 2.95. The molecule has 0 bridgehead atoms. The number of hydrogen-bond donors (Lipinski definition) is 2. The van der Waals surface area contributed by atoms with Crippen LogP contribution in [-0.4, -0.2) is 26.3 Å². The van der Waals surface area contributed by atoms with Gasteiger partial charge in [-0.3, -0.25) is 19.1 Å². The fraction of sp³-hybridized carbons (Fsp3) is 0.706. The van der Waals surface area contributed by atoms with Crippen molar-refractivity contribution < 1.29 is 4.79 Å². The van der Waals surface area contributed by atoms with E-state index >= 15 is 0 Å². The van der Waals surface area contributed by atoms with Gasteiger partial charge in [0.25, 0.3) is 5.56 Å². The molecule has 1 amide bonds. The Hall–Kier alpha value is -1.47. The van der Waals surface area contributed by atoms with Crippen LogP contribution in [0.1, 0.15) is 47.0 Å². The number of unbranched alkanes of at least 4 members (excludes halogenated alkanes) is 1. The molecule has 2 rings (SSSR count). The second kappa shape index (κ2) is 7.27. The third-order valence-corrected chi connectivity index (χ3v) is 5.84. The van der Waals surface area contributed by atoms with Gasteiger partial charge in [-0.05, 0) is 25.7 Å². The van der Waals surface area contributed by atoms with Gasteiger partial charge in [0, 0.05) is 13.1 Å². The first kappa shape index (κ1) is 20.8. The number of aromatic nitrogens is 2.